The molecule has 8 nitrogen and oxygen atoms in total. The fourth-order valence-electron chi connectivity index (χ4n) is 3.81. The second-order valence-electron chi connectivity index (χ2n) is 9.59. The summed E-state index contributed by atoms with van der Waals surface area (Å²) < 4.78 is 147. The lowest BCUT2D eigenvalue weighted by Gasteiger charge is -2.28. The van der Waals surface area contributed by atoms with Gasteiger partial charge in [-0.1, -0.05) is 12.1 Å². The van der Waals surface area contributed by atoms with Crippen molar-refractivity contribution in [3.05, 3.63) is 54.1 Å². The Morgan fingerprint density at radius 1 is 0.804 bits per heavy atom. The quantitative estimate of drug-likeness (QED) is 0.137. The maximum atomic E-state index is 13.7. The first-order valence-corrected chi connectivity index (χ1v) is 13.5. The first-order valence-electron chi connectivity index (χ1n) is 13.5. The third kappa shape index (κ3) is 11.8. The van der Waals surface area contributed by atoms with Crippen LogP contribution in [0.1, 0.15) is 31.7 Å². The van der Waals surface area contributed by atoms with Crippen molar-refractivity contribution in [3.8, 4) is 17.2 Å². The Balaban J connectivity index is 2.05. The number of ether oxygens (including phenoxy) is 4. The van der Waals surface area contributed by atoms with Crippen LogP contribution in [0.2, 0.25) is 0 Å². The summed E-state index contributed by atoms with van der Waals surface area (Å²) in [6, 6.07) is 9.66. The molecule has 0 fully saturated rings. The lowest BCUT2D eigenvalue weighted by atomic mass is 10.0. The summed E-state index contributed by atoms with van der Waals surface area (Å²) in [6.07, 6.45) is -16.8. The maximum absolute atomic E-state index is 13.7. The molecule has 1 unspecified atom stereocenters. The monoisotopic (exact) mass is 681 g/mol. The highest BCUT2D eigenvalue weighted by Crippen LogP contribution is 2.48. The Bertz CT molecular complexity index is 1250. The van der Waals surface area contributed by atoms with Crippen LogP contribution in [0.15, 0.2) is 48.5 Å². The molecule has 0 heterocycles. The van der Waals surface area contributed by atoms with E-state index >= 15 is 0 Å². The molecule has 258 valence electrons. The number of benzene rings is 2. The van der Waals surface area contributed by atoms with Gasteiger partial charge in [-0.3, -0.25) is 0 Å². The second kappa shape index (κ2) is 16.0. The number of nitrogens with zero attached hydrogens (tertiary/aromatic N) is 1. The molecular weight excluding hydrogens is 652 g/mol. The van der Waals surface area contributed by atoms with Gasteiger partial charge in [-0.25, -0.2) is 9.59 Å². The number of hydrogen-bond acceptors (Lipinski definition) is 6. The minimum Gasteiger partial charge on any atom is -0.492 e. The number of unbranched alkanes of at least 4 members (excludes halogenated alkanes) is 1. The number of alkyl halides is 10. The predicted molar refractivity (Wildman–Crippen MR) is 139 cm³/mol. The molecule has 18 heteroatoms. The van der Waals surface area contributed by atoms with Gasteiger partial charge in [0.25, 0.3) is 0 Å². The van der Waals surface area contributed by atoms with Crippen LogP contribution >= 0.6 is 0 Å². The van der Waals surface area contributed by atoms with Crippen molar-refractivity contribution in [2.75, 3.05) is 26.3 Å². The van der Waals surface area contributed by atoms with Crippen LogP contribution in [-0.2, 0) is 16.0 Å². The number of aliphatic carboxylic acids is 1. The first kappa shape index (κ1) is 38.2. The molecular formula is C28H29F10NO7. The summed E-state index contributed by atoms with van der Waals surface area (Å²) in [4.78, 5) is 24.9. The van der Waals surface area contributed by atoms with Crippen molar-refractivity contribution < 1.29 is 77.5 Å². The molecule has 0 aliphatic rings. The van der Waals surface area contributed by atoms with Crippen molar-refractivity contribution in [2.45, 2.75) is 63.1 Å². The molecule has 2 aromatic carbocycles. The maximum Gasteiger partial charge on any atom is 0.573 e. The van der Waals surface area contributed by atoms with E-state index < -0.39 is 74.1 Å². The van der Waals surface area contributed by atoms with Gasteiger partial charge in [-0.05, 0) is 61.7 Å². The van der Waals surface area contributed by atoms with Crippen LogP contribution < -0.4 is 14.2 Å². The van der Waals surface area contributed by atoms with Crippen molar-refractivity contribution in [1.82, 2.24) is 4.90 Å². The van der Waals surface area contributed by atoms with E-state index in [1.165, 1.54) is 12.1 Å². The summed E-state index contributed by atoms with van der Waals surface area (Å²) in [5, 5.41) is 9.21. The minimum atomic E-state index is -6.48. The third-order valence-electron chi connectivity index (χ3n) is 6.12. The topological polar surface area (TPSA) is 94.5 Å². The highest BCUT2D eigenvalue weighted by molar-refractivity contribution is 5.72. The molecule has 0 saturated carbocycles. The van der Waals surface area contributed by atoms with Crippen molar-refractivity contribution in [1.29, 1.82) is 0 Å². The zero-order chi connectivity index (χ0) is 34.8. The number of carbonyl (C=O) groups excluding carboxylic acids is 1. The van der Waals surface area contributed by atoms with Crippen LogP contribution in [0, 0.1) is 0 Å². The van der Waals surface area contributed by atoms with E-state index in [0.29, 0.717) is 5.56 Å². The van der Waals surface area contributed by atoms with Crippen molar-refractivity contribution in [3.63, 3.8) is 0 Å². The SMILES string of the molecule is CCOC(Cc1ccc(OCCN(CCCCC(F)(F)C(F)(F)C(F)(F)F)C(=O)Oc2ccc(OC(F)(F)F)cc2)cc1)C(=O)O. The number of carbonyl (C=O) groups is 2. The average molecular weight is 682 g/mol. The van der Waals surface area contributed by atoms with E-state index in [9.17, 15) is 58.6 Å². The number of halogens is 10. The van der Waals surface area contributed by atoms with Crippen LogP contribution in [-0.4, -0.2) is 78.9 Å². The summed E-state index contributed by atoms with van der Waals surface area (Å²) in [5.41, 5.74) is 0.595. The number of carboxylic acids is 1. The average Bonchev–Trinajstić information content (AvgIpc) is 2.94. The molecule has 2 aromatic rings. The van der Waals surface area contributed by atoms with Crippen LogP contribution in [0.3, 0.4) is 0 Å². The lowest BCUT2D eigenvalue weighted by molar-refractivity contribution is -0.355. The fraction of sp³-hybridized carbons (Fsp3) is 0.500. The van der Waals surface area contributed by atoms with Crippen LogP contribution in [0.25, 0.3) is 0 Å². The highest BCUT2D eigenvalue weighted by atomic mass is 19.4. The summed E-state index contributed by atoms with van der Waals surface area (Å²) in [5.74, 6) is -13.5. The van der Waals surface area contributed by atoms with E-state index in [1.54, 1.807) is 19.1 Å². The third-order valence-corrected chi connectivity index (χ3v) is 6.12. The Hall–Kier alpha value is -3.96. The van der Waals surface area contributed by atoms with Gasteiger partial charge in [0.2, 0.25) is 0 Å². The standard InChI is InChI=1S/C28H29F10NO7/c1-2-43-22(23(40)41)17-18-5-7-19(8-6-18)44-16-15-39(14-4-3-13-25(29,30)26(31,32)27(33,34)35)24(42)45-20-9-11-21(12-10-20)46-28(36,37)38/h5-12,22H,2-4,13-17H2,1H3,(H,40,41). The van der Waals surface area contributed by atoms with Gasteiger partial charge >= 0.3 is 36.4 Å². The largest absolute Gasteiger partial charge is 0.573 e. The van der Waals surface area contributed by atoms with Gasteiger partial charge in [0.05, 0.1) is 6.54 Å². The molecule has 0 bridgehead atoms. The van der Waals surface area contributed by atoms with E-state index in [4.69, 9.17) is 14.2 Å². The Kier molecular flexibility index (Phi) is 13.3. The Labute approximate surface area is 255 Å². The smallest absolute Gasteiger partial charge is 0.492 e. The molecule has 2 rings (SSSR count). The van der Waals surface area contributed by atoms with Crippen molar-refractivity contribution >= 4 is 12.1 Å². The van der Waals surface area contributed by atoms with Gasteiger partial charge < -0.3 is 29.0 Å². The molecule has 0 aliphatic heterocycles. The number of hydrogen-bond donors (Lipinski definition) is 1. The van der Waals surface area contributed by atoms with Crippen LogP contribution in [0.4, 0.5) is 48.7 Å². The van der Waals surface area contributed by atoms with E-state index in [2.05, 4.69) is 4.74 Å². The zero-order valence-corrected chi connectivity index (χ0v) is 24.0. The summed E-state index contributed by atoms with van der Waals surface area (Å²) >= 11 is 0. The zero-order valence-electron chi connectivity index (χ0n) is 24.0. The molecule has 1 amide bonds. The van der Waals surface area contributed by atoms with E-state index in [0.717, 1.165) is 29.2 Å². The predicted octanol–water partition coefficient (Wildman–Crippen LogP) is 7.50. The van der Waals surface area contributed by atoms with Gasteiger partial charge in [-0.15, -0.1) is 13.2 Å². The van der Waals surface area contributed by atoms with Gasteiger partial charge in [0.15, 0.2) is 6.10 Å². The van der Waals surface area contributed by atoms with E-state index in [-0.39, 0.29) is 37.7 Å². The number of rotatable bonds is 17. The lowest BCUT2D eigenvalue weighted by Crippen LogP contribution is -2.51. The fourth-order valence-corrected chi connectivity index (χ4v) is 3.81. The number of amides is 1. The Morgan fingerprint density at radius 3 is 1.89 bits per heavy atom. The molecule has 0 spiro atoms. The molecule has 0 radical (unpaired) electrons. The molecule has 1 N–H and O–H groups in total. The van der Waals surface area contributed by atoms with Crippen molar-refractivity contribution in [2.24, 2.45) is 0 Å². The Morgan fingerprint density at radius 2 is 1.37 bits per heavy atom. The molecule has 0 saturated heterocycles. The molecule has 46 heavy (non-hydrogen) atoms. The highest BCUT2D eigenvalue weighted by Gasteiger charge is 2.72. The molecule has 0 aromatic heterocycles. The molecule has 0 aliphatic carbocycles. The number of carboxylic acid groups (broad SMARTS) is 1. The molecule has 1 atom stereocenters. The second-order valence-corrected chi connectivity index (χ2v) is 9.59. The minimum absolute atomic E-state index is 0.0559. The normalized spacial score (nSPS) is 13.2. The van der Waals surface area contributed by atoms with Crippen LogP contribution in [0.5, 0.6) is 17.2 Å². The van der Waals surface area contributed by atoms with Gasteiger partial charge in [0.1, 0.15) is 23.9 Å². The first-order chi connectivity index (χ1) is 21.3. The summed E-state index contributed by atoms with van der Waals surface area (Å²) in [7, 11) is 0. The summed E-state index contributed by atoms with van der Waals surface area (Å²) in [6.45, 7) is 0.786. The van der Waals surface area contributed by atoms with E-state index in [1.807, 2.05) is 0 Å². The van der Waals surface area contributed by atoms with Gasteiger partial charge in [-0.2, -0.15) is 30.7 Å². The van der Waals surface area contributed by atoms with Gasteiger partial charge in [0, 0.05) is 26.0 Å².